The van der Waals surface area contributed by atoms with Gasteiger partial charge in [0.1, 0.15) is 11.5 Å². The Kier molecular flexibility index (Phi) is 8.88. The normalized spacial score (nSPS) is 10.8. The zero-order valence-electron chi connectivity index (χ0n) is 16.5. The molecule has 0 unspecified atom stereocenters. The van der Waals surface area contributed by atoms with Gasteiger partial charge in [-0.15, -0.1) is 0 Å². The van der Waals surface area contributed by atoms with E-state index < -0.39 is 0 Å². The smallest absolute Gasteiger partial charge is 0.142 e. The van der Waals surface area contributed by atoms with Crippen LogP contribution in [0.5, 0.6) is 11.5 Å². The van der Waals surface area contributed by atoms with Gasteiger partial charge in [-0.05, 0) is 42.2 Å². The van der Waals surface area contributed by atoms with Gasteiger partial charge in [0.15, 0.2) is 0 Å². The Bertz CT molecular complexity index is 622. The number of benzene rings is 2. The monoisotopic (exact) mass is 355 g/mol. The molecule has 3 nitrogen and oxygen atoms in total. The minimum absolute atomic E-state index is 0.512. The number of para-hydroxylation sites is 2. The highest BCUT2D eigenvalue weighted by Crippen LogP contribution is 2.25. The van der Waals surface area contributed by atoms with Crippen LogP contribution in [-0.4, -0.2) is 13.2 Å². The molecule has 0 aromatic heterocycles. The summed E-state index contributed by atoms with van der Waals surface area (Å²) in [7, 11) is 0. The second-order valence-electron chi connectivity index (χ2n) is 7.11. The maximum absolute atomic E-state index is 5.90. The summed E-state index contributed by atoms with van der Waals surface area (Å²) in [5, 5.41) is 3.47. The van der Waals surface area contributed by atoms with E-state index in [1.54, 1.807) is 0 Å². The molecule has 0 fully saturated rings. The van der Waals surface area contributed by atoms with Gasteiger partial charge in [0.05, 0.1) is 18.9 Å². The summed E-state index contributed by atoms with van der Waals surface area (Å²) in [5.74, 6) is 2.37. The molecule has 26 heavy (non-hydrogen) atoms. The number of hydrogen-bond donors (Lipinski definition) is 1. The number of nitrogens with one attached hydrogen (secondary N) is 1. The maximum atomic E-state index is 5.90. The highest BCUT2D eigenvalue weighted by atomic mass is 16.5. The Morgan fingerprint density at radius 1 is 0.885 bits per heavy atom. The van der Waals surface area contributed by atoms with Crippen LogP contribution in [-0.2, 0) is 6.54 Å². The third-order valence-corrected chi connectivity index (χ3v) is 4.13. The Morgan fingerprint density at radius 2 is 1.65 bits per heavy atom. The molecule has 0 aliphatic heterocycles. The number of rotatable bonds is 12. The van der Waals surface area contributed by atoms with Crippen molar-refractivity contribution >= 4 is 5.69 Å². The van der Waals surface area contributed by atoms with Crippen LogP contribution >= 0.6 is 0 Å². The summed E-state index contributed by atoms with van der Waals surface area (Å²) in [6.07, 6.45) is 4.92. The van der Waals surface area contributed by atoms with E-state index in [0.29, 0.717) is 5.92 Å². The third kappa shape index (κ3) is 7.38. The van der Waals surface area contributed by atoms with Crippen LogP contribution in [0.1, 0.15) is 52.0 Å². The summed E-state index contributed by atoms with van der Waals surface area (Å²) in [4.78, 5) is 0. The molecule has 0 saturated heterocycles. The predicted molar refractivity (Wildman–Crippen MR) is 110 cm³/mol. The van der Waals surface area contributed by atoms with E-state index >= 15 is 0 Å². The van der Waals surface area contributed by atoms with Crippen LogP contribution in [0, 0.1) is 5.92 Å². The molecule has 0 spiro atoms. The van der Waals surface area contributed by atoms with Gasteiger partial charge >= 0.3 is 0 Å². The van der Waals surface area contributed by atoms with E-state index in [9.17, 15) is 0 Å². The Hall–Kier alpha value is -2.16. The van der Waals surface area contributed by atoms with Crippen molar-refractivity contribution in [1.29, 1.82) is 0 Å². The van der Waals surface area contributed by atoms with Crippen LogP contribution in [0.2, 0.25) is 0 Å². The minimum Gasteiger partial charge on any atom is -0.494 e. The lowest BCUT2D eigenvalue weighted by Gasteiger charge is -2.14. The van der Waals surface area contributed by atoms with Crippen molar-refractivity contribution in [2.45, 2.75) is 53.0 Å². The zero-order valence-corrected chi connectivity index (χ0v) is 16.5. The topological polar surface area (TPSA) is 30.5 Å². The molecule has 0 aliphatic rings. The first kappa shape index (κ1) is 20.2. The van der Waals surface area contributed by atoms with Gasteiger partial charge in [-0.3, -0.25) is 0 Å². The fourth-order valence-corrected chi connectivity index (χ4v) is 2.61. The zero-order chi connectivity index (χ0) is 18.6. The quantitative estimate of drug-likeness (QED) is 0.454. The average Bonchev–Trinajstić information content (AvgIpc) is 2.66. The summed E-state index contributed by atoms with van der Waals surface area (Å²) < 4.78 is 11.7. The fraction of sp³-hybridized carbons (Fsp3) is 0.478. The van der Waals surface area contributed by atoms with Crippen molar-refractivity contribution in [2.75, 3.05) is 18.5 Å². The largest absolute Gasteiger partial charge is 0.494 e. The summed E-state index contributed by atoms with van der Waals surface area (Å²) in [6, 6.07) is 16.4. The maximum Gasteiger partial charge on any atom is 0.142 e. The van der Waals surface area contributed by atoms with Crippen LogP contribution in [0.15, 0.2) is 48.5 Å². The molecule has 0 aliphatic carbocycles. The third-order valence-electron chi connectivity index (χ3n) is 4.13. The van der Waals surface area contributed by atoms with Gasteiger partial charge in [0.2, 0.25) is 0 Å². The lowest BCUT2D eigenvalue weighted by molar-refractivity contribution is 0.272. The molecule has 0 amide bonds. The van der Waals surface area contributed by atoms with Crippen molar-refractivity contribution in [3.05, 3.63) is 54.1 Å². The molecule has 0 atom stereocenters. The lowest BCUT2D eigenvalue weighted by Crippen LogP contribution is -2.07. The van der Waals surface area contributed by atoms with Gasteiger partial charge in [0, 0.05) is 6.54 Å². The molecule has 0 radical (unpaired) electrons. The Balaban J connectivity index is 1.81. The van der Waals surface area contributed by atoms with E-state index in [1.807, 2.05) is 18.2 Å². The Labute approximate surface area is 158 Å². The second-order valence-corrected chi connectivity index (χ2v) is 7.11. The van der Waals surface area contributed by atoms with Crippen LogP contribution in [0.3, 0.4) is 0 Å². The average molecular weight is 356 g/mol. The van der Waals surface area contributed by atoms with E-state index in [-0.39, 0.29) is 0 Å². The molecule has 2 aromatic carbocycles. The standard InChI is InChI=1S/C23H33NO2/c1-4-5-6-9-16-25-21-14-12-20(13-15-21)17-24-22-10-7-8-11-23(22)26-18-19(2)3/h7-8,10-15,19,24H,4-6,9,16-18H2,1-3H3. The van der Waals surface area contributed by atoms with Crippen molar-refractivity contribution < 1.29 is 9.47 Å². The molecular weight excluding hydrogens is 322 g/mol. The van der Waals surface area contributed by atoms with E-state index in [4.69, 9.17) is 9.47 Å². The molecule has 1 N–H and O–H groups in total. The molecule has 3 heteroatoms. The molecule has 2 aromatic rings. The van der Waals surface area contributed by atoms with E-state index in [2.05, 4.69) is 56.4 Å². The fourth-order valence-electron chi connectivity index (χ4n) is 2.61. The van der Waals surface area contributed by atoms with Gasteiger partial charge in [0.25, 0.3) is 0 Å². The molecule has 142 valence electrons. The molecule has 0 bridgehead atoms. The summed E-state index contributed by atoms with van der Waals surface area (Å²) in [5.41, 5.74) is 2.26. The highest BCUT2D eigenvalue weighted by Gasteiger charge is 2.04. The summed E-state index contributed by atoms with van der Waals surface area (Å²) in [6.45, 7) is 8.83. The van der Waals surface area contributed by atoms with Crippen LogP contribution in [0.25, 0.3) is 0 Å². The molecular formula is C23H33NO2. The Morgan fingerprint density at radius 3 is 2.38 bits per heavy atom. The van der Waals surface area contributed by atoms with E-state index in [0.717, 1.165) is 43.4 Å². The van der Waals surface area contributed by atoms with Gasteiger partial charge < -0.3 is 14.8 Å². The first-order valence-electron chi connectivity index (χ1n) is 9.86. The number of anilines is 1. The van der Waals surface area contributed by atoms with Crippen molar-refractivity contribution in [1.82, 2.24) is 0 Å². The summed E-state index contributed by atoms with van der Waals surface area (Å²) >= 11 is 0. The molecule has 2 rings (SSSR count). The van der Waals surface area contributed by atoms with Crippen LogP contribution < -0.4 is 14.8 Å². The number of ether oxygens (including phenoxy) is 2. The number of unbranched alkanes of at least 4 members (excludes halogenated alkanes) is 3. The van der Waals surface area contributed by atoms with Gasteiger partial charge in [-0.2, -0.15) is 0 Å². The number of hydrogen-bond acceptors (Lipinski definition) is 3. The molecule has 0 heterocycles. The molecule has 0 saturated carbocycles. The van der Waals surface area contributed by atoms with Gasteiger partial charge in [-0.25, -0.2) is 0 Å². The first-order chi connectivity index (χ1) is 12.7. The van der Waals surface area contributed by atoms with E-state index in [1.165, 1.54) is 24.8 Å². The first-order valence-corrected chi connectivity index (χ1v) is 9.86. The second kappa shape index (κ2) is 11.5. The van der Waals surface area contributed by atoms with Gasteiger partial charge in [-0.1, -0.05) is 64.3 Å². The predicted octanol–water partition coefficient (Wildman–Crippen LogP) is 6.29. The van der Waals surface area contributed by atoms with Crippen molar-refractivity contribution in [2.24, 2.45) is 5.92 Å². The lowest BCUT2D eigenvalue weighted by atomic mass is 10.2. The minimum atomic E-state index is 0.512. The van der Waals surface area contributed by atoms with Crippen LogP contribution in [0.4, 0.5) is 5.69 Å². The van der Waals surface area contributed by atoms with Crippen molar-refractivity contribution in [3.8, 4) is 11.5 Å². The highest BCUT2D eigenvalue weighted by molar-refractivity contribution is 5.56. The SMILES string of the molecule is CCCCCCOc1ccc(CNc2ccccc2OCC(C)C)cc1. The van der Waals surface area contributed by atoms with Crippen molar-refractivity contribution in [3.63, 3.8) is 0 Å².